The second-order valence-electron chi connectivity index (χ2n) is 5.36. The second kappa shape index (κ2) is 5.43. The van der Waals surface area contributed by atoms with Gasteiger partial charge in [-0.15, -0.1) is 0 Å². The first-order valence-corrected chi connectivity index (χ1v) is 6.93. The zero-order valence-corrected chi connectivity index (χ0v) is 11.0. The van der Waals surface area contributed by atoms with Crippen molar-refractivity contribution in [3.05, 3.63) is 23.7 Å². The van der Waals surface area contributed by atoms with Crippen LogP contribution in [0.2, 0.25) is 0 Å². The Morgan fingerprint density at radius 2 is 2.28 bits per heavy atom. The van der Waals surface area contributed by atoms with Gasteiger partial charge in [-0.1, -0.05) is 0 Å². The Labute approximate surface area is 108 Å². The minimum Gasteiger partial charge on any atom is -0.465 e. The molecule has 3 rings (SSSR count). The van der Waals surface area contributed by atoms with Crippen molar-refractivity contribution in [3.8, 4) is 0 Å². The average Bonchev–Trinajstić information content (AvgIpc) is 3.14. The van der Waals surface area contributed by atoms with E-state index in [0.717, 1.165) is 50.3 Å². The van der Waals surface area contributed by atoms with Crippen LogP contribution in [0.15, 0.2) is 16.5 Å². The largest absolute Gasteiger partial charge is 0.465 e. The molecule has 100 valence electrons. The summed E-state index contributed by atoms with van der Waals surface area (Å²) in [4.78, 5) is 2.58. The molecule has 0 radical (unpaired) electrons. The maximum atomic E-state index is 5.79. The van der Waals surface area contributed by atoms with Crippen molar-refractivity contribution in [2.24, 2.45) is 0 Å². The molecule has 1 N–H and O–H groups in total. The van der Waals surface area contributed by atoms with Gasteiger partial charge in [0.05, 0.1) is 19.3 Å². The Balaban J connectivity index is 1.39. The van der Waals surface area contributed by atoms with Crippen molar-refractivity contribution in [1.29, 1.82) is 0 Å². The van der Waals surface area contributed by atoms with Gasteiger partial charge in [0, 0.05) is 25.7 Å². The first-order valence-electron chi connectivity index (χ1n) is 6.93. The van der Waals surface area contributed by atoms with Gasteiger partial charge in [-0.3, -0.25) is 4.90 Å². The maximum Gasteiger partial charge on any atom is 0.117 e. The summed E-state index contributed by atoms with van der Waals surface area (Å²) in [5, 5.41) is 3.42. The summed E-state index contributed by atoms with van der Waals surface area (Å²) in [6, 6.07) is 4.88. The number of morpholine rings is 1. The monoisotopic (exact) mass is 250 g/mol. The molecule has 1 aromatic rings. The first kappa shape index (κ1) is 12.2. The number of rotatable bonds is 5. The average molecular weight is 250 g/mol. The molecule has 2 heterocycles. The Morgan fingerprint density at radius 1 is 1.39 bits per heavy atom. The van der Waals surface area contributed by atoms with Crippen LogP contribution in [0, 0.1) is 6.92 Å². The minimum atomic E-state index is 0.329. The molecule has 0 spiro atoms. The minimum absolute atomic E-state index is 0.329. The summed E-state index contributed by atoms with van der Waals surface area (Å²) in [6.07, 6.45) is 3.09. The molecule has 4 nitrogen and oxygen atoms in total. The maximum absolute atomic E-state index is 5.79. The number of aryl methyl sites for hydroxylation is 1. The molecular formula is C14H22N2O2. The van der Waals surface area contributed by atoms with Gasteiger partial charge in [0.15, 0.2) is 0 Å². The smallest absolute Gasteiger partial charge is 0.117 e. The predicted molar refractivity (Wildman–Crippen MR) is 69.5 cm³/mol. The molecule has 1 aliphatic heterocycles. The number of nitrogens with one attached hydrogen (secondary N) is 1. The standard InChI is InChI=1S/C14H22N2O2/c1-11-2-5-13(18-11)8-15-9-14-10-16(6-7-17-14)12-3-4-12/h2,5,12,14-15H,3-4,6-10H2,1H3/t14-/m1/s1. The molecule has 1 aliphatic carbocycles. The summed E-state index contributed by atoms with van der Waals surface area (Å²) in [5.74, 6) is 1.97. The van der Waals surface area contributed by atoms with Gasteiger partial charge >= 0.3 is 0 Å². The Morgan fingerprint density at radius 3 is 3.00 bits per heavy atom. The highest BCUT2D eigenvalue weighted by Crippen LogP contribution is 2.28. The van der Waals surface area contributed by atoms with Crippen LogP contribution in [0.1, 0.15) is 24.4 Å². The lowest BCUT2D eigenvalue weighted by Crippen LogP contribution is -2.47. The van der Waals surface area contributed by atoms with Crippen molar-refractivity contribution >= 4 is 0 Å². The fourth-order valence-electron chi connectivity index (χ4n) is 2.57. The number of furan rings is 1. The van der Waals surface area contributed by atoms with Gasteiger partial charge in [-0.25, -0.2) is 0 Å². The number of nitrogens with zero attached hydrogens (tertiary/aromatic N) is 1. The third-order valence-corrected chi connectivity index (χ3v) is 3.70. The topological polar surface area (TPSA) is 37.6 Å². The van der Waals surface area contributed by atoms with E-state index in [0.29, 0.717) is 6.10 Å². The van der Waals surface area contributed by atoms with Crippen LogP contribution in [0.5, 0.6) is 0 Å². The fourth-order valence-corrected chi connectivity index (χ4v) is 2.57. The van der Waals surface area contributed by atoms with Gasteiger partial charge in [-0.05, 0) is 31.9 Å². The summed E-state index contributed by atoms with van der Waals surface area (Å²) in [6.45, 7) is 6.73. The molecule has 0 bridgehead atoms. The summed E-state index contributed by atoms with van der Waals surface area (Å²) in [5.41, 5.74) is 0. The quantitative estimate of drug-likeness (QED) is 0.860. The van der Waals surface area contributed by atoms with Crippen molar-refractivity contribution in [1.82, 2.24) is 10.2 Å². The van der Waals surface area contributed by atoms with Crippen molar-refractivity contribution in [2.75, 3.05) is 26.2 Å². The van der Waals surface area contributed by atoms with Gasteiger partial charge < -0.3 is 14.5 Å². The lowest BCUT2D eigenvalue weighted by Gasteiger charge is -2.33. The fraction of sp³-hybridized carbons (Fsp3) is 0.714. The Hall–Kier alpha value is -0.840. The van der Waals surface area contributed by atoms with E-state index < -0.39 is 0 Å². The highest BCUT2D eigenvalue weighted by atomic mass is 16.5. The number of hydrogen-bond donors (Lipinski definition) is 1. The zero-order chi connectivity index (χ0) is 12.4. The first-order chi connectivity index (χ1) is 8.81. The normalized spacial score (nSPS) is 25.5. The predicted octanol–water partition coefficient (Wildman–Crippen LogP) is 1.54. The molecule has 1 saturated heterocycles. The van der Waals surface area contributed by atoms with E-state index in [-0.39, 0.29) is 0 Å². The van der Waals surface area contributed by atoms with Gasteiger partial charge in [0.2, 0.25) is 0 Å². The third kappa shape index (κ3) is 3.13. The number of ether oxygens (including phenoxy) is 1. The summed E-state index contributed by atoms with van der Waals surface area (Å²) < 4.78 is 11.3. The molecule has 0 unspecified atom stereocenters. The Kier molecular flexibility index (Phi) is 3.68. The van der Waals surface area contributed by atoms with E-state index in [1.165, 1.54) is 12.8 Å². The van der Waals surface area contributed by atoms with Crippen molar-refractivity contribution < 1.29 is 9.15 Å². The van der Waals surface area contributed by atoms with Gasteiger partial charge in [0.25, 0.3) is 0 Å². The van der Waals surface area contributed by atoms with Crippen LogP contribution < -0.4 is 5.32 Å². The van der Waals surface area contributed by atoms with Crippen LogP contribution in [-0.2, 0) is 11.3 Å². The van der Waals surface area contributed by atoms with E-state index in [2.05, 4.69) is 10.2 Å². The lowest BCUT2D eigenvalue weighted by molar-refractivity contribution is -0.0302. The van der Waals surface area contributed by atoms with Crippen LogP contribution in [0.3, 0.4) is 0 Å². The van der Waals surface area contributed by atoms with Crippen LogP contribution in [0.4, 0.5) is 0 Å². The molecule has 1 saturated carbocycles. The highest BCUT2D eigenvalue weighted by molar-refractivity contribution is 5.05. The van der Waals surface area contributed by atoms with Crippen molar-refractivity contribution in [3.63, 3.8) is 0 Å². The molecule has 1 atom stereocenters. The van der Waals surface area contributed by atoms with E-state index >= 15 is 0 Å². The van der Waals surface area contributed by atoms with E-state index in [9.17, 15) is 0 Å². The molecule has 18 heavy (non-hydrogen) atoms. The van der Waals surface area contributed by atoms with Gasteiger partial charge in [-0.2, -0.15) is 0 Å². The number of hydrogen-bond acceptors (Lipinski definition) is 4. The van der Waals surface area contributed by atoms with Crippen LogP contribution in [-0.4, -0.2) is 43.3 Å². The molecule has 0 amide bonds. The molecule has 2 fully saturated rings. The van der Waals surface area contributed by atoms with E-state index in [1.807, 2.05) is 19.1 Å². The zero-order valence-electron chi connectivity index (χ0n) is 11.0. The lowest BCUT2D eigenvalue weighted by atomic mass is 10.2. The van der Waals surface area contributed by atoms with Crippen LogP contribution in [0.25, 0.3) is 0 Å². The van der Waals surface area contributed by atoms with E-state index in [1.54, 1.807) is 0 Å². The molecule has 0 aromatic carbocycles. The summed E-state index contributed by atoms with van der Waals surface area (Å²) >= 11 is 0. The second-order valence-corrected chi connectivity index (χ2v) is 5.36. The third-order valence-electron chi connectivity index (χ3n) is 3.70. The van der Waals surface area contributed by atoms with Crippen LogP contribution >= 0.6 is 0 Å². The SMILES string of the molecule is Cc1ccc(CNC[C@@H]2CN(C3CC3)CCO2)o1. The summed E-state index contributed by atoms with van der Waals surface area (Å²) in [7, 11) is 0. The van der Waals surface area contributed by atoms with E-state index in [4.69, 9.17) is 9.15 Å². The van der Waals surface area contributed by atoms with Crippen molar-refractivity contribution in [2.45, 2.75) is 38.5 Å². The molecule has 1 aromatic heterocycles. The molecular weight excluding hydrogens is 228 g/mol. The van der Waals surface area contributed by atoms with Gasteiger partial charge in [0.1, 0.15) is 11.5 Å². The highest BCUT2D eigenvalue weighted by Gasteiger charge is 2.32. The molecule has 2 aliphatic rings. The molecule has 4 heteroatoms. The Bertz CT molecular complexity index is 387.